The highest BCUT2D eigenvalue weighted by Crippen LogP contribution is 2.25. The Bertz CT molecular complexity index is 464. The van der Waals surface area contributed by atoms with Gasteiger partial charge in [0.25, 0.3) is 0 Å². The van der Waals surface area contributed by atoms with Crippen molar-refractivity contribution in [3.63, 3.8) is 0 Å². The van der Waals surface area contributed by atoms with Gasteiger partial charge in [-0.3, -0.25) is 0 Å². The van der Waals surface area contributed by atoms with Gasteiger partial charge < -0.3 is 24.6 Å². The van der Waals surface area contributed by atoms with Gasteiger partial charge in [-0.1, -0.05) is 6.92 Å². The van der Waals surface area contributed by atoms with Crippen LogP contribution in [0, 0.1) is 11.3 Å². The second kappa shape index (κ2) is 12.0. The molecule has 0 spiro atoms. The highest BCUT2D eigenvalue weighted by molar-refractivity contribution is 5.39. The molecule has 136 valence electrons. The molecule has 0 aromatic carbocycles. The number of methoxy groups -OCH3 is 2. The lowest BCUT2D eigenvalue weighted by Crippen LogP contribution is -2.25. The molecule has 0 radical (unpaired) electrons. The van der Waals surface area contributed by atoms with Gasteiger partial charge in [-0.15, -0.1) is 0 Å². The van der Waals surface area contributed by atoms with Gasteiger partial charge in [-0.2, -0.15) is 5.26 Å². The van der Waals surface area contributed by atoms with Crippen LogP contribution < -0.4 is 5.32 Å². The minimum atomic E-state index is -1.21. The van der Waals surface area contributed by atoms with Gasteiger partial charge in [0, 0.05) is 33.1 Å². The van der Waals surface area contributed by atoms with Crippen molar-refractivity contribution in [2.45, 2.75) is 51.4 Å². The molecule has 2 atom stereocenters. The van der Waals surface area contributed by atoms with E-state index in [1.165, 1.54) is 0 Å². The molecule has 0 amide bonds. The number of aliphatic hydroxyl groups is 1. The van der Waals surface area contributed by atoms with Gasteiger partial charge in [-0.05, 0) is 43.8 Å². The number of nitriles is 1. The minimum absolute atomic E-state index is 0.0792. The van der Waals surface area contributed by atoms with Gasteiger partial charge in [0.15, 0.2) is 6.29 Å². The first kappa shape index (κ1) is 20.7. The predicted molar refractivity (Wildman–Crippen MR) is 92.1 cm³/mol. The van der Waals surface area contributed by atoms with Crippen molar-refractivity contribution >= 4 is 0 Å². The van der Waals surface area contributed by atoms with Gasteiger partial charge >= 0.3 is 0 Å². The van der Waals surface area contributed by atoms with Crippen molar-refractivity contribution in [3.8, 4) is 6.07 Å². The number of hydrogen-bond acceptors (Lipinski definition) is 6. The maximum absolute atomic E-state index is 10.2. The highest BCUT2D eigenvalue weighted by Gasteiger charge is 2.19. The van der Waals surface area contributed by atoms with E-state index in [2.05, 4.69) is 11.4 Å². The summed E-state index contributed by atoms with van der Waals surface area (Å²) < 4.78 is 15.7. The molecule has 2 N–H and O–H groups in total. The zero-order valence-corrected chi connectivity index (χ0v) is 15.0. The van der Waals surface area contributed by atoms with E-state index in [-0.39, 0.29) is 18.3 Å². The first-order valence-corrected chi connectivity index (χ1v) is 8.55. The smallest absolute Gasteiger partial charge is 0.191 e. The first-order chi connectivity index (χ1) is 11.7. The summed E-state index contributed by atoms with van der Waals surface area (Å²) in [5.41, 5.74) is 2.23. The summed E-state index contributed by atoms with van der Waals surface area (Å²) in [6, 6.07) is 2.10. The van der Waals surface area contributed by atoms with E-state index in [9.17, 15) is 10.4 Å². The minimum Gasteiger partial charge on any atom is -0.388 e. The largest absolute Gasteiger partial charge is 0.388 e. The molecule has 0 aliphatic heterocycles. The average Bonchev–Trinajstić information content (AvgIpc) is 2.61. The Balaban J connectivity index is 2.69. The summed E-state index contributed by atoms with van der Waals surface area (Å²) in [6.07, 6.45) is 5.07. The lowest BCUT2D eigenvalue weighted by Gasteiger charge is -2.21. The third-order valence-corrected chi connectivity index (χ3v) is 4.06. The number of allylic oxidation sites excluding steroid dienone is 3. The van der Waals surface area contributed by atoms with Crippen LogP contribution in [-0.4, -0.2) is 51.5 Å². The van der Waals surface area contributed by atoms with Crippen LogP contribution in [0.3, 0.4) is 0 Å². The maximum Gasteiger partial charge on any atom is 0.191 e. The van der Waals surface area contributed by atoms with E-state index in [0.29, 0.717) is 0 Å². The van der Waals surface area contributed by atoms with Crippen LogP contribution in [0.2, 0.25) is 0 Å². The Kier molecular flexibility index (Phi) is 10.4. The second-order valence-electron chi connectivity index (χ2n) is 5.80. The molecule has 6 nitrogen and oxygen atoms in total. The van der Waals surface area contributed by atoms with E-state index in [0.717, 1.165) is 56.5 Å². The van der Waals surface area contributed by atoms with Crippen LogP contribution in [0.5, 0.6) is 0 Å². The van der Waals surface area contributed by atoms with Gasteiger partial charge in [-0.25, -0.2) is 0 Å². The average molecular weight is 338 g/mol. The third-order valence-electron chi connectivity index (χ3n) is 4.06. The van der Waals surface area contributed by atoms with Crippen LogP contribution >= 0.6 is 0 Å². The molecule has 0 saturated carbocycles. The quantitative estimate of drug-likeness (QED) is 0.341. The summed E-state index contributed by atoms with van der Waals surface area (Å²) in [5, 5.41) is 23.0. The lowest BCUT2D eigenvalue weighted by molar-refractivity contribution is -0.103. The fraction of sp³-hybridized carbons (Fsp3) is 0.722. The monoisotopic (exact) mass is 338 g/mol. The molecule has 2 unspecified atom stereocenters. The number of ether oxygens (including phenoxy) is 3. The summed E-state index contributed by atoms with van der Waals surface area (Å²) in [4.78, 5) is 0. The van der Waals surface area contributed by atoms with Crippen molar-refractivity contribution in [2.75, 3.05) is 34.0 Å². The van der Waals surface area contributed by atoms with Crippen LogP contribution in [0.15, 0.2) is 22.9 Å². The molecule has 0 aromatic rings. The maximum atomic E-state index is 10.2. The topological polar surface area (TPSA) is 83.7 Å². The first-order valence-electron chi connectivity index (χ1n) is 8.55. The van der Waals surface area contributed by atoms with Crippen LogP contribution in [0.25, 0.3) is 0 Å². The van der Waals surface area contributed by atoms with Crippen molar-refractivity contribution in [2.24, 2.45) is 0 Å². The van der Waals surface area contributed by atoms with Gasteiger partial charge in [0.2, 0.25) is 0 Å². The predicted octanol–water partition coefficient (Wildman–Crippen LogP) is 2.26. The number of nitrogens with one attached hydrogen (secondary N) is 1. The van der Waals surface area contributed by atoms with E-state index in [1.807, 2.05) is 13.0 Å². The summed E-state index contributed by atoms with van der Waals surface area (Å²) in [6.45, 7) is 3.80. The summed E-state index contributed by atoms with van der Waals surface area (Å²) in [5.74, 6) is 0. The van der Waals surface area contributed by atoms with Gasteiger partial charge in [0.1, 0.15) is 6.07 Å². The molecular weight excluding hydrogens is 308 g/mol. The second-order valence-corrected chi connectivity index (χ2v) is 5.80. The fourth-order valence-electron chi connectivity index (χ4n) is 2.56. The zero-order chi connectivity index (χ0) is 17.8. The molecule has 0 bridgehead atoms. The summed E-state index contributed by atoms with van der Waals surface area (Å²) >= 11 is 0. The Hall–Kier alpha value is -1.39. The molecule has 0 aromatic heterocycles. The third kappa shape index (κ3) is 7.02. The Labute approximate surface area is 145 Å². The van der Waals surface area contributed by atoms with E-state index >= 15 is 0 Å². The molecular formula is C18H30N2O4. The van der Waals surface area contributed by atoms with E-state index in [1.54, 1.807) is 14.2 Å². The van der Waals surface area contributed by atoms with E-state index < -0.39 is 6.29 Å². The van der Waals surface area contributed by atoms with Crippen molar-refractivity contribution in [1.82, 2.24) is 5.32 Å². The molecule has 1 aliphatic carbocycles. The zero-order valence-electron chi connectivity index (χ0n) is 15.0. The highest BCUT2D eigenvalue weighted by atomic mass is 16.6. The molecule has 0 fully saturated rings. The molecule has 0 saturated heterocycles. The number of rotatable bonds is 11. The number of hydrogen-bond donors (Lipinski definition) is 2. The van der Waals surface area contributed by atoms with Crippen molar-refractivity contribution < 1.29 is 19.3 Å². The Morgan fingerprint density at radius 3 is 2.83 bits per heavy atom. The number of nitrogens with zero attached hydrogens (tertiary/aromatic N) is 1. The molecule has 6 heteroatoms. The fourth-order valence-corrected chi connectivity index (χ4v) is 2.56. The Morgan fingerprint density at radius 2 is 2.21 bits per heavy atom. The summed E-state index contributed by atoms with van der Waals surface area (Å²) in [7, 11) is 3.30. The van der Waals surface area contributed by atoms with Gasteiger partial charge in [0.05, 0.1) is 18.3 Å². The standard InChI is InChI=1S/C18H30N2O4/c1-4-16(23-3)13-24-18(21)17(12-19)14-7-5-8-15(11-14)20-9-6-10-22-2/h11,16,18,20-21H,4-10,13H2,1-3H3/b17-14-. The van der Waals surface area contributed by atoms with Crippen LogP contribution in [-0.2, 0) is 14.2 Å². The Morgan fingerprint density at radius 1 is 1.42 bits per heavy atom. The lowest BCUT2D eigenvalue weighted by atomic mass is 9.95. The molecule has 0 heterocycles. The van der Waals surface area contributed by atoms with Crippen molar-refractivity contribution in [1.29, 1.82) is 5.26 Å². The van der Waals surface area contributed by atoms with E-state index in [4.69, 9.17) is 14.2 Å². The molecule has 24 heavy (non-hydrogen) atoms. The molecule has 1 rings (SSSR count). The number of aliphatic hydroxyl groups excluding tert-OH is 1. The van der Waals surface area contributed by atoms with Crippen LogP contribution in [0.1, 0.15) is 39.0 Å². The SMILES string of the molecule is CCC(COC(O)/C(C#N)=C1\C=C(NCCCOC)CCC1)OC. The normalized spacial score (nSPS) is 19.2. The molecule has 1 aliphatic rings. The van der Waals surface area contributed by atoms with Crippen molar-refractivity contribution in [3.05, 3.63) is 22.9 Å². The van der Waals surface area contributed by atoms with Crippen LogP contribution in [0.4, 0.5) is 0 Å².